The van der Waals surface area contributed by atoms with Crippen LogP contribution in [-0.4, -0.2) is 28.6 Å². The average molecular weight is 300 g/mol. The van der Waals surface area contributed by atoms with Gasteiger partial charge in [-0.05, 0) is 12.1 Å². The second-order valence-corrected chi connectivity index (χ2v) is 4.12. The minimum absolute atomic E-state index is 0.104. The average Bonchev–Trinajstić information content (AvgIpc) is 2.54. The molecule has 8 nitrogen and oxygen atoms in total. The number of benzene rings is 1. The van der Waals surface area contributed by atoms with E-state index in [2.05, 4.69) is 15.5 Å². The Balaban J connectivity index is 1.82. The lowest BCUT2D eigenvalue weighted by atomic mass is 10.3. The summed E-state index contributed by atoms with van der Waals surface area (Å²) in [6, 6.07) is 9.11. The van der Waals surface area contributed by atoms with E-state index in [0.717, 1.165) is 5.56 Å². The number of carbonyl (C=O) groups is 1. The highest BCUT2D eigenvalue weighted by Crippen LogP contribution is 2.18. The van der Waals surface area contributed by atoms with Crippen molar-refractivity contribution in [1.82, 2.24) is 10.4 Å². The van der Waals surface area contributed by atoms with Gasteiger partial charge in [0.1, 0.15) is 5.75 Å². The molecule has 0 aliphatic carbocycles. The molecule has 0 atom stereocenters. The molecule has 1 N–H and O–H groups in total. The van der Waals surface area contributed by atoms with Gasteiger partial charge in [-0.3, -0.25) is 19.9 Å². The molecule has 2 aromatic rings. The Morgan fingerprint density at radius 2 is 2.27 bits per heavy atom. The molecule has 2 rings (SSSR count). The zero-order valence-corrected chi connectivity index (χ0v) is 11.4. The van der Waals surface area contributed by atoms with Crippen LogP contribution < -0.4 is 10.2 Å². The molecule has 0 aliphatic heterocycles. The van der Waals surface area contributed by atoms with Crippen LogP contribution in [0, 0.1) is 10.1 Å². The van der Waals surface area contributed by atoms with Crippen LogP contribution in [0.1, 0.15) is 5.56 Å². The number of nitrogens with one attached hydrogen (secondary N) is 1. The number of pyridine rings is 1. The van der Waals surface area contributed by atoms with Crippen LogP contribution in [0.2, 0.25) is 0 Å². The highest BCUT2D eigenvalue weighted by Gasteiger charge is 2.07. The third kappa shape index (κ3) is 4.67. The van der Waals surface area contributed by atoms with Crippen LogP contribution in [0.3, 0.4) is 0 Å². The van der Waals surface area contributed by atoms with E-state index in [4.69, 9.17) is 4.74 Å². The van der Waals surface area contributed by atoms with Crippen molar-refractivity contribution in [1.29, 1.82) is 0 Å². The number of hydrogen-bond acceptors (Lipinski definition) is 6. The quantitative estimate of drug-likeness (QED) is 0.494. The number of hydrazone groups is 1. The fourth-order valence-corrected chi connectivity index (χ4v) is 1.50. The maximum Gasteiger partial charge on any atom is 0.277 e. The number of carbonyl (C=O) groups excluding carboxylic acids is 1. The van der Waals surface area contributed by atoms with Gasteiger partial charge in [0.05, 0.1) is 17.2 Å². The van der Waals surface area contributed by atoms with Crippen LogP contribution in [-0.2, 0) is 4.79 Å². The van der Waals surface area contributed by atoms with Crippen LogP contribution in [0.4, 0.5) is 5.69 Å². The summed E-state index contributed by atoms with van der Waals surface area (Å²) in [6.45, 7) is -0.300. The number of rotatable bonds is 6. The molecular formula is C14H12N4O4. The van der Waals surface area contributed by atoms with E-state index in [1.54, 1.807) is 24.5 Å². The Bertz CT molecular complexity index is 688. The summed E-state index contributed by atoms with van der Waals surface area (Å²) in [4.78, 5) is 25.5. The smallest absolute Gasteiger partial charge is 0.277 e. The molecule has 8 heteroatoms. The predicted octanol–water partition coefficient (Wildman–Crippen LogP) is 1.52. The minimum Gasteiger partial charge on any atom is -0.483 e. The number of nitro groups is 1. The molecule has 1 heterocycles. The summed E-state index contributed by atoms with van der Waals surface area (Å²) < 4.78 is 5.16. The first-order valence-corrected chi connectivity index (χ1v) is 6.24. The molecule has 1 aromatic heterocycles. The van der Waals surface area contributed by atoms with E-state index in [1.165, 1.54) is 30.5 Å². The Hall–Kier alpha value is -3.29. The van der Waals surface area contributed by atoms with Crippen molar-refractivity contribution in [2.45, 2.75) is 0 Å². The predicted molar refractivity (Wildman–Crippen MR) is 78.6 cm³/mol. The van der Waals surface area contributed by atoms with Gasteiger partial charge in [-0.2, -0.15) is 5.10 Å². The lowest BCUT2D eigenvalue weighted by Crippen LogP contribution is -2.24. The largest absolute Gasteiger partial charge is 0.483 e. The molecule has 0 aliphatic rings. The molecular weight excluding hydrogens is 288 g/mol. The third-order valence-corrected chi connectivity index (χ3v) is 2.49. The zero-order valence-electron chi connectivity index (χ0n) is 11.4. The lowest BCUT2D eigenvalue weighted by Gasteiger charge is -2.04. The summed E-state index contributed by atoms with van der Waals surface area (Å²) in [5.41, 5.74) is 2.92. The number of aromatic nitrogens is 1. The third-order valence-electron chi connectivity index (χ3n) is 2.49. The van der Waals surface area contributed by atoms with E-state index in [-0.39, 0.29) is 18.0 Å². The molecule has 1 amide bonds. The lowest BCUT2D eigenvalue weighted by molar-refractivity contribution is -0.384. The summed E-state index contributed by atoms with van der Waals surface area (Å²) >= 11 is 0. The van der Waals surface area contributed by atoms with Gasteiger partial charge in [-0.15, -0.1) is 0 Å². The molecule has 0 fully saturated rings. The monoisotopic (exact) mass is 300 g/mol. The van der Waals surface area contributed by atoms with Crippen LogP contribution in [0.25, 0.3) is 0 Å². The molecule has 1 aromatic carbocycles. The van der Waals surface area contributed by atoms with Crippen molar-refractivity contribution >= 4 is 17.8 Å². The van der Waals surface area contributed by atoms with E-state index in [9.17, 15) is 14.9 Å². The SMILES string of the molecule is O=C(COc1cccc([N+](=O)[O-])c1)N/N=C\c1cccnc1. The van der Waals surface area contributed by atoms with Gasteiger partial charge in [-0.25, -0.2) is 5.43 Å². The number of amides is 1. The molecule has 112 valence electrons. The van der Waals surface area contributed by atoms with Gasteiger partial charge >= 0.3 is 0 Å². The fourth-order valence-electron chi connectivity index (χ4n) is 1.50. The van der Waals surface area contributed by atoms with Crippen molar-refractivity contribution in [3.8, 4) is 5.75 Å². The van der Waals surface area contributed by atoms with E-state index >= 15 is 0 Å². The standard InChI is InChI=1S/C14H12N4O4/c19-14(17-16-9-11-3-2-6-15-8-11)10-22-13-5-1-4-12(7-13)18(20)21/h1-9H,10H2,(H,17,19)/b16-9-. The summed E-state index contributed by atoms with van der Waals surface area (Å²) in [5, 5.41) is 14.4. The van der Waals surface area contributed by atoms with Crippen LogP contribution in [0.15, 0.2) is 53.9 Å². The van der Waals surface area contributed by atoms with E-state index in [0.29, 0.717) is 0 Å². The highest BCUT2D eigenvalue weighted by atomic mass is 16.6. The zero-order chi connectivity index (χ0) is 15.8. The van der Waals surface area contributed by atoms with Gasteiger partial charge in [-0.1, -0.05) is 12.1 Å². The molecule has 0 unspecified atom stereocenters. The van der Waals surface area contributed by atoms with Crippen molar-refractivity contribution in [2.24, 2.45) is 5.10 Å². The number of nitrogens with zero attached hydrogens (tertiary/aromatic N) is 3. The van der Waals surface area contributed by atoms with Crippen molar-refractivity contribution < 1.29 is 14.5 Å². The van der Waals surface area contributed by atoms with Gasteiger partial charge < -0.3 is 4.74 Å². The Morgan fingerprint density at radius 1 is 1.41 bits per heavy atom. The van der Waals surface area contributed by atoms with Crippen molar-refractivity contribution in [3.05, 3.63) is 64.5 Å². The molecule has 0 bridgehead atoms. The number of nitro benzene ring substituents is 1. The highest BCUT2D eigenvalue weighted by molar-refractivity contribution is 5.82. The first-order valence-electron chi connectivity index (χ1n) is 6.24. The Morgan fingerprint density at radius 3 is 3.00 bits per heavy atom. The maximum atomic E-state index is 11.5. The van der Waals surface area contributed by atoms with Gasteiger partial charge in [0.25, 0.3) is 11.6 Å². The van der Waals surface area contributed by atoms with E-state index in [1.807, 2.05) is 0 Å². The summed E-state index contributed by atoms with van der Waals surface area (Å²) in [5.74, 6) is -0.243. The number of ether oxygens (including phenoxy) is 1. The first-order chi connectivity index (χ1) is 10.6. The fraction of sp³-hybridized carbons (Fsp3) is 0.0714. The maximum absolute atomic E-state index is 11.5. The second-order valence-electron chi connectivity index (χ2n) is 4.12. The normalized spacial score (nSPS) is 10.4. The topological polar surface area (TPSA) is 107 Å². The van der Waals surface area contributed by atoms with Gasteiger partial charge in [0.15, 0.2) is 6.61 Å². The second kappa shape index (κ2) is 7.48. The minimum atomic E-state index is -0.537. The molecule has 0 spiro atoms. The van der Waals surface area contributed by atoms with E-state index < -0.39 is 10.8 Å². The first kappa shape index (κ1) is 15.1. The number of non-ortho nitro benzene ring substituents is 1. The Labute approximate surface area is 125 Å². The van der Waals surface area contributed by atoms with Gasteiger partial charge in [0.2, 0.25) is 0 Å². The molecule has 0 saturated heterocycles. The number of hydrogen-bond donors (Lipinski definition) is 1. The summed E-state index contributed by atoms with van der Waals surface area (Å²) in [6.07, 6.45) is 4.66. The van der Waals surface area contributed by atoms with Crippen molar-refractivity contribution in [2.75, 3.05) is 6.61 Å². The molecule has 22 heavy (non-hydrogen) atoms. The Kier molecular flexibility index (Phi) is 5.14. The molecule has 0 saturated carbocycles. The van der Waals surface area contributed by atoms with Gasteiger partial charge in [0, 0.05) is 24.0 Å². The van der Waals surface area contributed by atoms with Crippen molar-refractivity contribution in [3.63, 3.8) is 0 Å². The molecule has 0 radical (unpaired) electrons. The van der Waals surface area contributed by atoms with Crippen LogP contribution >= 0.6 is 0 Å². The summed E-state index contributed by atoms with van der Waals surface area (Å²) in [7, 11) is 0. The van der Waals surface area contributed by atoms with Crippen LogP contribution in [0.5, 0.6) is 5.75 Å².